The Bertz CT molecular complexity index is 950. The third kappa shape index (κ3) is 5.36. The molecule has 0 atom stereocenters. The molecule has 0 aliphatic heterocycles. The van der Waals surface area contributed by atoms with Crippen LogP contribution >= 0.6 is 0 Å². The van der Waals surface area contributed by atoms with Crippen molar-refractivity contribution in [3.05, 3.63) is 58.5 Å². The van der Waals surface area contributed by atoms with Crippen LogP contribution in [0.5, 0.6) is 0 Å². The molecular weight excluding hydrogens is 372 g/mol. The number of ether oxygens (including phenoxy) is 1. The van der Waals surface area contributed by atoms with Crippen molar-refractivity contribution in [2.75, 3.05) is 6.61 Å². The van der Waals surface area contributed by atoms with Crippen LogP contribution in [0.1, 0.15) is 94.9 Å². The zero-order valence-electron chi connectivity index (χ0n) is 19.1. The summed E-state index contributed by atoms with van der Waals surface area (Å²) in [5, 5.41) is 0. The van der Waals surface area contributed by atoms with Crippen LogP contribution in [-0.4, -0.2) is 12.6 Å². The van der Waals surface area contributed by atoms with Gasteiger partial charge in [0.1, 0.15) is 5.76 Å². The van der Waals surface area contributed by atoms with Gasteiger partial charge in [-0.2, -0.15) is 0 Å². The van der Waals surface area contributed by atoms with Crippen molar-refractivity contribution >= 4 is 5.97 Å². The van der Waals surface area contributed by atoms with E-state index in [2.05, 4.69) is 57.7 Å². The van der Waals surface area contributed by atoms with Gasteiger partial charge in [0.15, 0.2) is 5.76 Å². The molecule has 160 valence electrons. The minimum Gasteiger partial charge on any atom is -0.466 e. The molecule has 1 aliphatic rings. The molecule has 3 rings (SSSR count). The first kappa shape index (κ1) is 22.2. The number of furan rings is 1. The number of rotatable bonds is 6. The Balaban J connectivity index is 1.64. The molecule has 1 heterocycles. The maximum atomic E-state index is 11.4. The second-order valence-electron chi connectivity index (χ2n) is 9.56. The summed E-state index contributed by atoms with van der Waals surface area (Å²) in [5.41, 5.74) is 4.32. The van der Waals surface area contributed by atoms with Gasteiger partial charge < -0.3 is 9.15 Å². The monoisotopic (exact) mass is 406 g/mol. The number of hydrogen-bond donors (Lipinski definition) is 0. The minimum absolute atomic E-state index is 0.125. The van der Waals surface area contributed by atoms with Crippen LogP contribution in [0.2, 0.25) is 0 Å². The molecule has 0 unspecified atom stereocenters. The summed E-state index contributed by atoms with van der Waals surface area (Å²) in [5.74, 6) is 7.93. The second kappa shape index (κ2) is 9.13. The number of aryl methyl sites for hydroxylation is 1. The van der Waals surface area contributed by atoms with Crippen molar-refractivity contribution in [1.29, 1.82) is 0 Å². The molecule has 0 saturated heterocycles. The lowest BCUT2D eigenvalue weighted by atomic mass is 9.63. The van der Waals surface area contributed by atoms with E-state index in [1.807, 2.05) is 19.1 Å². The van der Waals surface area contributed by atoms with E-state index in [4.69, 9.17) is 9.15 Å². The summed E-state index contributed by atoms with van der Waals surface area (Å²) in [7, 11) is 0. The number of fused-ring (bicyclic) bond motifs is 1. The van der Waals surface area contributed by atoms with E-state index < -0.39 is 0 Å². The lowest BCUT2D eigenvalue weighted by Gasteiger charge is -2.41. The Labute approximate surface area is 181 Å². The first-order chi connectivity index (χ1) is 14.2. The number of carbonyl (C=O) groups excluding carboxylic acids is 1. The molecule has 0 fully saturated rings. The average Bonchev–Trinajstić information content (AvgIpc) is 3.15. The molecule has 0 N–H and O–H groups in total. The van der Waals surface area contributed by atoms with Gasteiger partial charge in [0.2, 0.25) is 0 Å². The highest BCUT2D eigenvalue weighted by Crippen LogP contribution is 2.45. The molecular formula is C27H34O3. The molecule has 2 aromatic rings. The van der Waals surface area contributed by atoms with Gasteiger partial charge in [0.05, 0.1) is 6.61 Å². The molecule has 1 aromatic heterocycles. The molecule has 0 saturated carbocycles. The third-order valence-electron chi connectivity index (χ3n) is 6.20. The van der Waals surface area contributed by atoms with Gasteiger partial charge in [0, 0.05) is 18.4 Å². The Morgan fingerprint density at radius 2 is 1.73 bits per heavy atom. The van der Waals surface area contributed by atoms with Crippen molar-refractivity contribution in [1.82, 2.24) is 0 Å². The lowest BCUT2D eigenvalue weighted by molar-refractivity contribution is -0.143. The highest BCUT2D eigenvalue weighted by molar-refractivity contribution is 5.69. The van der Waals surface area contributed by atoms with Gasteiger partial charge in [-0.1, -0.05) is 39.7 Å². The van der Waals surface area contributed by atoms with Crippen molar-refractivity contribution in [2.45, 2.75) is 84.0 Å². The highest BCUT2D eigenvalue weighted by Gasteiger charge is 2.36. The maximum absolute atomic E-state index is 11.4. The van der Waals surface area contributed by atoms with E-state index in [1.165, 1.54) is 24.0 Å². The summed E-state index contributed by atoms with van der Waals surface area (Å²) in [6.45, 7) is 11.6. The molecule has 1 aromatic carbocycles. The molecule has 0 amide bonds. The Morgan fingerprint density at radius 1 is 1.00 bits per heavy atom. The van der Waals surface area contributed by atoms with E-state index in [0.29, 0.717) is 18.8 Å². The average molecular weight is 407 g/mol. The molecule has 30 heavy (non-hydrogen) atoms. The standard InChI is InChI=1S/C27H34O3/c1-6-29-25(28)10-8-7-9-21-14-15-22(30-21)13-11-20-12-16-23-24(19-20)27(4,5)18-17-26(23,2)3/h12,14-16,19H,6-10,17-18H2,1-5H3. The molecule has 0 radical (unpaired) electrons. The third-order valence-corrected chi connectivity index (χ3v) is 6.20. The molecule has 1 aliphatic carbocycles. The van der Waals surface area contributed by atoms with Gasteiger partial charge in [-0.15, -0.1) is 0 Å². The van der Waals surface area contributed by atoms with Gasteiger partial charge in [-0.3, -0.25) is 4.79 Å². The van der Waals surface area contributed by atoms with E-state index in [0.717, 1.165) is 30.6 Å². The number of hydrogen-bond acceptors (Lipinski definition) is 3. The lowest BCUT2D eigenvalue weighted by Crippen LogP contribution is -2.33. The summed E-state index contributed by atoms with van der Waals surface area (Å²) in [6, 6.07) is 10.6. The predicted octanol–water partition coefficient (Wildman–Crippen LogP) is 6.30. The Hall–Kier alpha value is -2.47. The first-order valence-electron chi connectivity index (χ1n) is 11.1. The number of esters is 1. The maximum Gasteiger partial charge on any atom is 0.305 e. The van der Waals surface area contributed by atoms with Crippen LogP contribution in [-0.2, 0) is 26.8 Å². The first-order valence-corrected chi connectivity index (χ1v) is 11.1. The predicted molar refractivity (Wildman–Crippen MR) is 121 cm³/mol. The van der Waals surface area contributed by atoms with Crippen LogP contribution in [0.25, 0.3) is 0 Å². The van der Waals surface area contributed by atoms with Crippen molar-refractivity contribution < 1.29 is 13.9 Å². The zero-order chi connectivity index (χ0) is 21.8. The molecule has 3 nitrogen and oxygen atoms in total. The number of unbranched alkanes of at least 4 members (excludes halogenated alkanes) is 1. The van der Waals surface area contributed by atoms with E-state index in [-0.39, 0.29) is 16.8 Å². The Kier molecular flexibility index (Phi) is 6.76. The quantitative estimate of drug-likeness (QED) is 0.321. The van der Waals surface area contributed by atoms with E-state index in [1.54, 1.807) is 0 Å². The van der Waals surface area contributed by atoms with Gasteiger partial charge in [-0.25, -0.2) is 0 Å². The van der Waals surface area contributed by atoms with Gasteiger partial charge in [0.25, 0.3) is 0 Å². The molecule has 3 heteroatoms. The molecule has 0 bridgehead atoms. The van der Waals surface area contributed by atoms with Crippen LogP contribution in [0.3, 0.4) is 0 Å². The largest absolute Gasteiger partial charge is 0.466 e. The van der Waals surface area contributed by atoms with Crippen molar-refractivity contribution in [2.24, 2.45) is 0 Å². The zero-order valence-corrected chi connectivity index (χ0v) is 19.1. The highest BCUT2D eigenvalue weighted by atomic mass is 16.5. The van der Waals surface area contributed by atoms with Crippen LogP contribution in [0, 0.1) is 11.8 Å². The van der Waals surface area contributed by atoms with Crippen LogP contribution < -0.4 is 0 Å². The van der Waals surface area contributed by atoms with Gasteiger partial charge >= 0.3 is 5.97 Å². The van der Waals surface area contributed by atoms with Crippen molar-refractivity contribution in [3.8, 4) is 11.8 Å². The van der Waals surface area contributed by atoms with Gasteiger partial charge in [-0.05, 0) is 84.7 Å². The van der Waals surface area contributed by atoms with Crippen LogP contribution in [0.4, 0.5) is 0 Å². The fraction of sp³-hybridized carbons (Fsp3) is 0.519. The number of carbonyl (C=O) groups is 1. The minimum atomic E-state index is -0.125. The second-order valence-corrected chi connectivity index (χ2v) is 9.56. The Morgan fingerprint density at radius 3 is 2.47 bits per heavy atom. The van der Waals surface area contributed by atoms with E-state index >= 15 is 0 Å². The summed E-state index contributed by atoms with van der Waals surface area (Å²) < 4.78 is 10.8. The molecule has 0 spiro atoms. The fourth-order valence-corrected chi connectivity index (χ4v) is 4.18. The topological polar surface area (TPSA) is 39.4 Å². The summed E-state index contributed by atoms with van der Waals surface area (Å²) in [4.78, 5) is 11.4. The van der Waals surface area contributed by atoms with E-state index in [9.17, 15) is 4.79 Å². The fourth-order valence-electron chi connectivity index (χ4n) is 4.18. The SMILES string of the molecule is CCOC(=O)CCCCc1ccc(C#Cc2ccc3c(c2)C(C)(C)CCC3(C)C)o1. The number of benzene rings is 1. The van der Waals surface area contributed by atoms with Crippen molar-refractivity contribution in [3.63, 3.8) is 0 Å². The summed E-state index contributed by atoms with van der Waals surface area (Å²) in [6.07, 6.45) is 5.39. The van der Waals surface area contributed by atoms with Crippen LogP contribution in [0.15, 0.2) is 34.7 Å². The normalized spacial score (nSPS) is 16.3. The summed E-state index contributed by atoms with van der Waals surface area (Å²) >= 11 is 0. The smallest absolute Gasteiger partial charge is 0.305 e.